The molecule has 7 heteroatoms. The van der Waals surface area contributed by atoms with E-state index >= 15 is 0 Å². The number of anilines is 1. The van der Waals surface area contributed by atoms with Crippen molar-refractivity contribution in [1.82, 2.24) is 24.7 Å². The molecule has 3 rings (SSSR count). The summed E-state index contributed by atoms with van der Waals surface area (Å²) in [5, 5.41) is 13.1. The molecule has 3 heterocycles. The summed E-state index contributed by atoms with van der Waals surface area (Å²) in [5.41, 5.74) is 4.32. The van der Waals surface area contributed by atoms with Crippen molar-refractivity contribution >= 4 is 16.5 Å². The van der Waals surface area contributed by atoms with E-state index in [0.717, 1.165) is 40.3 Å². The molecule has 3 aromatic heterocycles. The van der Waals surface area contributed by atoms with Gasteiger partial charge in [0.05, 0.1) is 5.69 Å². The third kappa shape index (κ3) is 2.09. The summed E-state index contributed by atoms with van der Waals surface area (Å²) in [5.74, 6) is 0.730. The van der Waals surface area contributed by atoms with E-state index in [1.165, 1.54) is 6.33 Å². The van der Waals surface area contributed by atoms with Crippen LogP contribution in [0, 0.1) is 13.8 Å². The molecule has 0 fully saturated rings. The van der Waals surface area contributed by atoms with Crippen LogP contribution in [0.1, 0.15) is 18.3 Å². The van der Waals surface area contributed by atoms with Gasteiger partial charge in [-0.05, 0) is 26.8 Å². The predicted octanol–water partition coefficient (Wildman–Crippen LogP) is 2.77. The Morgan fingerprint density at radius 1 is 1.40 bits per heavy atom. The van der Waals surface area contributed by atoms with Gasteiger partial charge in [-0.25, -0.2) is 10.1 Å². The highest BCUT2D eigenvalue weighted by Crippen LogP contribution is 2.30. The average molecular weight is 288 g/mol. The number of thiazole rings is 1. The van der Waals surface area contributed by atoms with E-state index in [2.05, 4.69) is 62.3 Å². The molecule has 0 aliphatic carbocycles. The third-order valence-electron chi connectivity index (χ3n) is 3.15. The molecule has 104 valence electrons. The van der Waals surface area contributed by atoms with Crippen LogP contribution in [0.4, 0.5) is 5.13 Å². The number of nitrogens with zero attached hydrogens (tertiary/aromatic N) is 4. The lowest BCUT2D eigenvalue weighted by Crippen LogP contribution is -2.01. The minimum atomic E-state index is 0.730. The first kappa shape index (κ1) is 12.9. The molecule has 0 amide bonds. The second-order valence-electron chi connectivity index (χ2n) is 4.50. The number of H-pyrrole nitrogens is 1. The standard InChI is InChI=1S/C13H16N6S/c1-4-14-13-17-11(6-20-13)10-5-8(2)19(9(10)3)12-15-7-16-18-12/h5-7H,4H2,1-3H3,(H,14,17)(H,15,16,18). The molecule has 3 aromatic rings. The van der Waals surface area contributed by atoms with Gasteiger partial charge in [-0.15, -0.1) is 11.3 Å². The Kier molecular flexibility index (Phi) is 3.27. The van der Waals surface area contributed by atoms with Crippen molar-refractivity contribution in [3.8, 4) is 17.2 Å². The lowest BCUT2D eigenvalue weighted by atomic mass is 10.2. The van der Waals surface area contributed by atoms with E-state index in [0.29, 0.717) is 0 Å². The normalized spacial score (nSPS) is 10.9. The zero-order valence-corrected chi connectivity index (χ0v) is 12.5. The molecule has 6 nitrogen and oxygen atoms in total. The Hall–Kier alpha value is -2.15. The van der Waals surface area contributed by atoms with Gasteiger partial charge in [-0.3, -0.25) is 4.57 Å². The lowest BCUT2D eigenvalue weighted by Gasteiger charge is -2.04. The van der Waals surface area contributed by atoms with Crippen molar-refractivity contribution in [2.24, 2.45) is 0 Å². The smallest absolute Gasteiger partial charge is 0.229 e. The van der Waals surface area contributed by atoms with Gasteiger partial charge in [0.1, 0.15) is 6.33 Å². The average Bonchev–Trinajstić information content (AvgIpc) is 3.11. The Bertz CT molecular complexity index is 709. The molecule has 0 radical (unpaired) electrons. The number of aromatic amines is 1. The number of nitrogens with one attached hydrogen (secondary N) is 2. The molecule has 2 N–H and O–H groups in total. The van der Waals surface area contributed by atoms with Gasteiger partial charge in [0.2, 0.25) is 5.95 Å². The molecular weight excluding hydrogens is 272 g/mol. The lowest BCUT2D eigenvalue weighted by molar-refractivity contribution is 0.879. The van der Waals surface area contributed by atoms with Crippen molar-refractivity contribution in [1.29, 1.82) is 0 Å². The highest BCUT2D eigenvalue weighted by atomic mass is 32.1. The Balaban J connectivity index is 2.04. The summed E-state index contributed by atoms with van der Waals surface area (Å²) in [6.45, 7) is 7.06. The molecule has 0 saturated heterocycles. The van der Waals surface area contributed by atoms with Crippen LogP contribution in [0.5, 0.6) is 0 Å². The van der Waals surface area contributed by atoms with Crippen LogP contribution >= 0.6 is 11.3 Å². The second-order valence-corrected chi connectivity index (χ2v) is 5.36. The summed E-state index contributed by atoms with van der Waals surface area (Å²) in [6.07, 6.45) is 1.51. The van der Waals surface area contributed by atoms with E-state index in [1.54, 1.807) is 11.3 Å². The van der Waals surface area contributed by atoms with E-state index in [9.17, 15) is 0 Å². The maximum Gasteiger partial charge on any atom is 0.229 e. The molecule has 0 spiro atoms. The van der Waals surface area contributed by atoms with Gasteiger partial charge >= 0.3 is 0 Å². The van der Waals surface area contributed by atoms with Crippen LogP contribution in [0.2, 0.25) is 0 Å². The van der Waals surface area contributed by atoms with Crippen LogP contribution in [0.3, 0.4) is 0 Å². The van der Waals surface area contributed by atoms with Crippen LogP contribution in [0.15, 0.2) is 17.8 Å². The maximum absolute atomic E-state index is 4.61. The molecule has 20 heavy (non-hydrogen) atoms. The van der Waals surface area contributed by atoms with E-state index < -0.39 is 0 Å². The first-order chi connectivity index (χ1) is 9.70. The Morgan fingerprint density at radius 3 is 2.95 bits per heavy atom. The summed E-state index contributed by atoms with van der Waals surface area (Å²) < 4.78 is 2.05. The molecule has 0 atom stereocenters. The van der Waals surface area contributed by atoms with Crippen LogP contribution < -0.4 is 5.32 Å². The first-order valence-corrected chi connectivity index (χ1v) is 7.33. The summed E-state index contributed by atoms with van der Waals surface area (Å²) >= 11 is 1.62. The van der Waals surface area contributed by atoms with Gasteiger partial charge in [0.25, 0.3) is 0 Å². The zero-order chi connectivity index (χ0) is 14.1. The van der Waals surface area contributed by atoms with Crippen LogP contribution in [0.25, 0.3) is 17.2 Å². The van der Waals surface area contributed by atoms with Crippen LogP contribution in [-0.2, 0) is 0 Å². The highest BCUT2D eigenvalue weighted by Gasteiger charge is 2.15. The van der Waals surface area contributed by atoms with Gasteiger partial charge in [0.15, 0.2) is 5.13 Å². The van der Waals surface area contributed by atoms with E-state index in [-0.39, 0.29) is 0 Å². The zero-order valence-electron chi connectivity index (χ0n) is 11.6. The number of aryl methyl sites for hydroxylation is 1. The van der Waals surface area contributed by atoms with Gasteiger partial charge in [-0.1, -0.05) is 0 Å². The molecule has 0 bridgehead atoms. The van der Waals surface area contributed by atoms with E-state index in [1.807, 2.05) is 0 Å². The predicted molar refractivity (Wildman–Crippen MR) is 80.5 cm³/mol. The largest absolute Gasteiger partial charge is 0.362 e. The highest BCUT2D eigenvalue weighted by molar-refractivity contribution is 7.14. The van der Waals surface area contributed by atoms with Crippen molar-refractivity contribution in [3.05, 3.63) is 29.2 Å². The van der Waals surface area contributed by atoms with Gasteiger partial charge in [-0.2, -0.15) is 10.1 Å². The molecule has 0 saturated carbocycles. The fraction of sp³-hybridized carbons (Fsp3) is 0.308. The maximum atomic E-state index is 4.61. The van der Waals surface area contributed by atoms with Crippen molar-refractivity contribution in [3.63, 3.8) is 0 Å². The quantitative estimate of drug-likeness (QED) is 0.774. The molecule has 0 unspecified atom stereocenters. The van der Waals surface area contributed by atoms with E-state index in [4.69, 9.17) is 0 Å². The Labute approximate surface area is 120 Å². The Morgan fingerprint density at radius 2 is 2.25 bits per heavy atom. The summed E-state index contributed by atoms with van der Waals surface area (Å²) in [4.78, 5) is 8.83. The number of hydrogen-bond donors (Lipinski definition) is 2. The van der Waals surface area contributed by atoms with Gasteiger partial charge in [0, 0.05) is 28.9 Å². The van der Waals surface area contributed by atoms with Crippen LogP contribution in [-0.4, -0.2) is 31.3 Å². The van der Waals surface area contributed by atoms with Gasteiger partial charge < -0.3 is 5.32 Å². The number of aromatic nitrogens is 5. The topological polar surface area (TPSA) is 71.4 Å². The fourth-order valence-corrected chi connectivity index (χ4v) is 3.07. The van der Waals surface area contributed by atoms with Crippen molar-refractivity contribution in [2.45, 2.75) is 20.8 Å². The molecule has 0 aromatic carbocycles. The monoisotopic (exact) mass is 288 g/mol. The van der Waals surface area contributed by atoms with Crippen molar-refractivity contribution < 1.29 is 0 Å². The summed E-state index contributed by atoms with van der Waals surface area (Å²) in [7, 11) is 0. The van der Waals surface area contributed by atoms with Crippen molar-refractivity contribution in [2.75, 3.05) is 11.9 Å². The number of rotatable bonds is 4. The fourth-order valence-electron chi connectivity index (χ4n) is 2.28. The SMILES string of the molecule is CCNc1nc(-c2cc(C)n(-c3ncn[nH]3)c2C)cs1. The molecular formula is C13H16N6S. The minimum Gasteiger partial charge on any atom is -0.362 e. The second kappa shape index (κ2) is 5.09. The third-order valence-corrected chi connectivity index (χ3v) is 3.95. The summed E-state index contributed by atoms with van der Waals surface area (Å²) in [6, 6.07) is 2.13. The minimum absolute atomic E-state index is 0.730. The first-order valence-electron chi connectivity index (χ1n) is 6.45. The molecule has 0 aliphatic rings. The number of hydrogen-bond acceptors (Lipinski definition) is 5. The molecule has 0 aliphatic heterocycles.